The van der Waals surface area contributed by atoms with Crippen LogP contribution >= 0.6 is 11.8 Å². The molecule has 1 atom stereocenters. The van der Waals surface area contributed by atoms with Gasteiger partial charge in [0.2, 0.25) is 11.8 Å². The first-order chi connectivity index (χ1) is 11.0. The van der Waals surface area contributed by atoms with E-state index in [1.807, 2.05) is 13.8 Å². The van der Waals surface area contributed by atoms with Gasteiger partial charge in [-0.2, -0.15) is 0 Å². The summed E-state index contributed by atoms with van der Waals surface area (Å²) in [5.41, 5.74) is 0. The van der Waals surface area contributed by atoms with Gasteiger partial charge in [0, 0.05) is 24.8 Å². The standard InChI is InChI=1S/C16H26N2O4S/c1-3-17(4-2)15(20)13-9-23-10-18(13)14(19)11-5-7-12(8-6-11)16(21)22/h11-13H,3-10H2,1-2H3,(H,21,22). The van der Waals surface area contributed by atoms with E-state index < -0.39 is 5.97 Å². The summed E-state index contributed by atoms with van der Waals surface area (Å²) in [4.78, 5) is 39.9. The molecular weight excluding hydrogens is 316 g/mol. The average Bonchev–Trinajstić information content (AvgIpc) is 3.04. The molecule has 23 heavy (non-hydrogen) atoms. The van der Waals surface area contributed by atoms with Crippen molar-refractivity contribution in [1.29, 1.82) is 0 Å². The molecule has 1 saturated heterocycles. The third-order valence-corrected chi connectivity index (χ3v) is 5.96. The second-order valence-corrected chi connectivity index (χ2v) is 7.22. The number of amides is 2. The minimum Gasteiger partial charge on any atom is -0.481 e. The molecule has 1 N–H and O–H groups in total. The van der Waals surface area contributed by atoms with E-state index in [-0.39, 0.29) is 29.7 Å². The lowest BCUT2D eigenvalue weighted by atomic mass is 9.81. The predicted octanol–water partition coefficient (Wildman–Crippen LogP) is 1.65. The first-order valence-electron chi connectivity index (χ1n) is 8.39. The SMILES string of the molecule is CCN(CC)C(=O)C1CSCN1C(=O)C1CCC(C(=O)O)CC1. The maximum Gasteiger partial charge on any atom is 0.306 e. The zero-order valence-corrected chi connectivity index (χ0v) is 14.7. The number of carbonyl (C=O) groups excluding carboxylic acids is 2. The van der Waals surface area contributed by atoms with Crippen LogP contribution in [0.5, 0.6) is 0 Å². The molecule has 1 heterocycles. The smallest absolute Gasteiger partial charge is 0.306 e. The highest BCUT2D eigenvalue weighted by atomic mass is 32.2. The van der Waals surface area contributed by atoms with E-state index in [1.165, 1.54) is 0 Å². The summed E-state index contributed by atoms with van der Waals surface area (Å²) < 4.78 is 0. The van der Waals surface area contributed by atoms with Crippen molar-refractivity contribution in [3.63, 3.8) is 0 Å². The van der Waals surface area contributed by atoms with E-state index in [1.54, 1.807) is 21.6 Å². The molecule has 1 saturated carbocycles. The molecular formula is C16H26N2O4S. The van der Waals surface area contributed by atoms with Crippen LogP contribution < -0.4 is 0 Å². The molecule has 2 aliphatic rings. The molecule has 6 nitrogen and oxygen atoms in total. The molecule has 0 aromatic heterocycles. The molecule has 0 spiro atoms. The molecule has 1 aliphatic carbocycles. The lowest BCUT2D eigenvalue weighted by molar-refractivity contribution is -0.148. The number of carboxylic acids is 1. The van der Waals surface area contributed by atoms with Crippen molar-refractivity contribution in [2.24, 2.45) is 11.8 Å². The van der Waals surface area contributed by atoms with Gasteiger partial charge in [0.25, 0.3) is 0 Å². The predicted molar refractivity (Wildman–Crippen MR) is 89.0 cm³/mol. The van der Waals surface area contributed by atoms with Crippen molar-refractivity contribution >= 4 is 29.5 Å². The summed E-state index contributed by atoms with van der Waals surface area (Å²) in [6, 6.07) is -0.357. The molecule has 0 radical (unpaired) electrons. The number of likely N-dealkylation sites (N-methyl/N-ethyl adjacent to an activating group) is 1. The van der Waals surface area contributed by atoms with Crippen molar-refractivity contribution in [3.05, 3.63) is 0 Å². The highest BCUT2D eigenvalue weighted by Crippen LogP contribution is 2.33. The van der Waals surface area contributed by atoms with Gasteiger partial charge in [-0.15, -0.1) is 11.8 Å². The number of nitrogens with zero attached hydrogens (tertiary/aromatic N) is 2. The molecule has 0 aromatic carbocycles. The Morgan fingerprint density at radius 3 is 2.17 bits per heavy atom. The lowest BCUT2D eigenvalue weighted by Crippen LogP contribution is -2.50. The van der Waals surface area contributed by atoms with Crippen LogP contribution in [0.25, 0.3) is 0 Å². The summed E-state index contributed by atoms with van der Waals surface area (Å²) in [7, 11) is 0. The number of carbonyl (C=O) groups is 3. The van der Waals surface area contributed by atoms with E-state index in [4.69, 9.17) is 5.11 Å². The number of aliphatic carboxylic acids is 1. The Bertz CT molecular complexity index is 459. The lowest BCUT2D eigenvalue weighted by Gasteiger charge is -2.33. The Kier molecular flexibility index (Phi) is 6.33. The number of thioether (sulfide) groups is 1. The van der Waals surface area contributed by atoms with Crippen LogP contribution in [0.4, 0.5) is 0 Å². The monoisotopic (exact) mass is 342 g/mol. The molecule has 2 fully saturated rings. The van der Waals surface area contributed by atoms with Crippen molar-refractivity contribution in [1.82, 2.24) is 9.80 Å². The van der Waals surface area contributed by atoms with Crippen LogP contribution in [0.2, 0.25) is 0 Å². The number of hydrogen-bond acceptors (Lipinski definition) is 4. The Morgan fingerprint density at radius 2 is 1.65 bits per heavy atom. The average molecular weight is 342 g/mol. The number of hydrogen-bond donors (Lipinski definition) is 1. The quantitative estimate of drug-likeness (QED) is 0.822. The van der Waals surface area contributed by atoms with Gasteiger partial charge in [-0.05, 0) is 39.5 Å². The first-order valence-corrected chi connectivity index (χ1v) is 9.54. The topological polar surface area (TPSA) is 77.9 Å². The third-order valence-electron chi connectivity index (χ3n) is 4.95. The summed E-state index contributed by atoms with van der Waals surface area (Å²) >= 11 is 1.62. The first kappa shape index (κ1) is 18.1. The van der Waals surface area contributed by atoms with Crippen LogP contribution in [0.15, 0.2) is 0 Å². The summed E-state index contributed by atoms with van der Waals surface area (Å²) in [5.74, 6) is 0.0801. The van der Waals surface area contributed by atoms with Crippen molar-refractivity contribution < 1.29 is 19.5 Å². The molecule has 0 bridgehead atoms. The van der Waals surface area contributed by atoms with Gasteiger partial charge in [0.15, 0.2) is 0 Å². The van der Waals surface area contributed by atoms with E-state index in [0.717, 1.165) is 0 Å². The fourth-order valence-electron chi connectivity index (χ4n) is 3.43. The molecule has 7 heteroatoms. The van der Waals surface area contributed by atoms with Crippen molar-refractivity contribution in [3.8, 4) is 0 Å². The molecule has 1 aliphatic heterocycles. The van der Waals surface area contributed by atoms with Gasteiger partial charge in [0.05, 0.1) is 11.8 Å². The van der Waals surface area contributed by atoms with Gasteiger partial charge in [-0.1, -0.05) is 0 Å². The van der Waals surface area contributed by atoms with Gasteiger partial charge in [-0.25, -0.2) is 0 Å². The zero-order chi connectivity index (χ0) is 17.0. The van der Waals surface area contributed by atoms with E-state index in [0.29, 0.717) is 50.4 Å². The molecule has 0 aromatic rings. The van der Waals surface area contributed by atoms with Crippen LogP contribution in [0.1, 0.15) is 39.5 Å². The van der Waals surface area contributed by atoms with Gasteiger partial charge in [-0.3, -0.25) is 14.4 Å². The second-order valence-electron chi connectivity index (χ2n) is 6.22. The van der Waals surface area contributed by atoms with Crippen LogP contribution in [-0.2, 0) is 14.4 Å². The van der Waals surface area contributed by atoms with Crippen molar-refractivity contribution in [2.45, 2.75) is 45.6 Å². The zero-order valence-electron chi connectivity index (χ0n) is 13.9. The summed E-state index contributed by atoms with van der Waals surface area (Å²) in [6.07, 6.45) is 2.34. The summed E-state index contributed by atoms with van der Waals surface area (Å²) in [5, 5.41) is 9.06. The van der Waals surface area contributed by atoms with Gasteiger partial charge >= 0.3 is 5.97 Å². The maximum atomic E-state index is 12.8. The third kappa shape index (κ3) is 4.00. The number of carboxylic acid groups (broad SMARTS) is 1. The normalized spacial score (nSPS) is 27.7. The van der Waals surface area contributed by atoms with Crippen molar-refractivity contribution in [2.75, 3.05) is 24.7 Å². The Hall–Kier alpha value is -1.24. The fourth-order valence-corrected chi connectivity index (χ4v) is 4.59. The second kappa shape index (κ2) is 8.04. The highest BCUT2D eigenvalue weighted by Gasteiger charge is 2.40. The van der Waals surface area contributed by atoms with Crippen LogP contribution in [0, 0.1) is 11.8 Å². The van der Waals surface area contributed by atoms with E-state index in [2.05, 4.69) is 0 Å². The molecule has 130 valence electrons. The maximum absolute atomic E-state index is 12.8. The summed E-state index contributed by atoms with van der Waals surface area (Å²) in [6.45, 7) is 5.20. The molecule has 2 amide bonds. The minimum atomic E-state index is -0.762. The Balaban J connectivity index is 1.98. The minimum absolute atomic E-state index is 0.0318. The van der Waals surface area contributed by atoms with Gasteiger partial charge in [0.1, 0.15) is 6.04 Å². The molecule has 2 rings (SSSR count). The van der Waals surface area contributed by atoms with E-state index in [9.17, 15) is 14.4 Å². The number of rotatable bonds is 5. The molecule has 1 unspecified atom stereocenters. The fraction of sp³-hybridized carbons (Fsp3) is 0.812. The van der Waals surface area contributed by atoms with E-state index >= 15 is 0 Å². The van der Waals surface area contributed by atoms with Crippen LogP contribution in [0.3, 0.4) is 0 Å². The van der Waals surface area contributed by atoms with Crippen LogP contribution in [-0.4, -0.2) is 63.5 Å². The van der Waals surface area contributed by atoms with Gasteiger partial charge < -0.3 is 14.9 Å². The largest absolute Gasteiger partial charge is 0.481 e. The highest BCUT2D eigenvalue weighted by molar-refractivity contribution is 7.99. The Morgan fingerprint density at radius 1 is 1.09 bits per heavy atom. The Labute approximate surface area is 141 Å².